The van der Waals surface area contributed by atoms with Crippen LogP contribution in [-0.4, -0.2) is 14.5 Å². The van der Waals surface area contributed by atoms with Crippen LogP contribution in [0.15, 0.2) is 17.0 Å². The van der Waals surface area contributed by atoms with E-state index in [9.17, 15) is 8.42 Å². The summed E-state index contributed by atoms with van der Waals surface area (Å²) in [5, 5.41) is 0.340. The summed E-state index contributed by atoms with van der Waals surface area (Å²) in [6, 6.07) is 2.61. The monoisotopic (exact) mass is 300 g/mol. The number of nitrogen functional groups attached to an aromatic ring is 1. The summed E-state index contributed by atoms with van der Waals surface area (Å²) in [7, 11) is -3.65. The fraction of sp³-hybridized carbons (Fsp3) is 0.385. The van der Waals surface area contributed by atoms with Gasteiger partial charge in [0.25, 0.3) is 0 Å². The van der Waals surface area contributed by atoms with E-state index in [1.807, 2.05) is 6.92 Å². The number of rotatable bonds is 5. The molecule has 0 saturated heterocycles. The summed E-state index contributed by atoms with van der Waals surface area (Å²) >= 11 is 5.85. The predicted octanol–water partition coefficient (Wildman–Crippen LogP) is 2.31. The molecule has 1 aromatic rings. The molecule has 1 aromatic carbocycles. The number of terminal acetylenes is 1. The maximum absolute atomic E-state index is 12.3. The van der Waals surface area contributed by atoms with Gasteiger partial charge in [-0.2, -0.15) is 0 Å². The van der Waals surface area contributed by atoms with Gasteiger partial charge >= 0.3 is 0 Å². The van der Waals surface area contributed by atoms with E-state index in [1.54, 1.807) is 6.92 Å². The fourth-order valence-corrected chi connectivity index (χ4v) is 3.45. The minimum atomic E-state index is -3.65. The number of anilines is 1. The zero-order chi connectivity index (χ0) is 14.6. The Morgan fingerprint density at radius 3 is 2.68 bits per heavy atom. The number of halogens is 1. The standard InChI is InChI=1S/C13H17ClN2O2S/c1-4-6-10(5-2)16-19(17,18)13-8-12(15)11(14)7-9(13)3/h1,7-8,10,16H,5-6,15H2,2-3H3. The smallest absolute Gasteiger partial charge is 0.241 e. The zero-order valence-corrected chi connectivity index (χ0v) is 12.5. The van der Waals surface area contributed by atoms with Gasteiger partial charge < -0.3 is 5.73 Å². The van der Waals surface area contributed by atoms with E-state index in [4.69, 9.17) is 23.8 Å². The maximum Gasteiger partial charge on any atom is 0.241 e. The van der Waals surface area contributed by atoms with Crippen LogP contribution in [0.2, 0.25) is 5.02 Å². The van der Waals surface area contributed by atoms with Crippen LogP contribution in [0.5, 0.6) is 0 Å². The number of nitrogens with two attached hydrogens (primary N) is 1. The lowest BCUT2D eigenvalue weighted by Gasteiger charge is -2.16. The molecule has 1 atom stereocenters. The second-order valence-electron chi connectivity index (χ2n) is 4.27. The Kier molecular flexibility index (Phi) is 5.24. The molecule has 0 aliphatic rings. The molecular weight excluding hydrogens is 284 g/mol. The highest BCUT2D eigenvalue weighted by Crippen LogP contribution is 2.26. The Hall–Kier alpha value is -1.22. The SMILES string of the molecule is C#CCC(CC)NS(=O)(=O)c1cc(N)c(Cl)cc1C. The number of sulfonamides is 1. The van der Waals surface area contributed by atoms with E-state index >= 15 is 0 Å². The minimum Gasteiger partial charge on any atom is -0.397 e. The quantitative estimate of drug-likeness (QED) is 0.647. The second kappa shape index (κ2) is 6.29. The van der Waals surface area contributed by atoms with Crippen LogP contribution in [0.25, 0.3) is 0 Å². The highest BCUT2D eigenvalue weighted by molar-refractivity contribution is 7.89. The molecule has 3 N–H and O–H groups in total. The molecule has 0 saturated carbocycles. The second-order valence-corrected chi connectivity index (χ2v) is 6.36. The lowest BCUT2D eigenvalue weighted by atomic mass is 10.2. The van der Waals surface area contributed by atoms with Gasteiger partial charge in [-0.3, -0.25) is 0 Å². The Labute approximate surface area is 119 Å². The first-order valence-electron chi connectivity index (χ1n) is 5.83. The lowest BCUT2D eigenvalue weighted by molar-refractivity contribution is 0.543. The third-order valence-corrected chi connectivity index (χ3v) is 4.75. The molecular formula is C13H17ClN2O2S. The van der Waals surface area contributed by atoms with Crippen LogP contribution in [0.1, 0.15) is 25.3 Å². The molecule has 0 fully saturated rings. The molecule has 1 rings (SSSR count). The van der Waals surface area contributed by atoms with E-state index in [1.165, 1.54) is 12.1 Å². The molecule has 0 spiro atoms. The van der Waals surface area contributed by atoms with Gasteiger partial charge in [0.15, 0.2) is 0 Å². The third kappa shape index (κ3) is 3.87. The van der Waals surface area contributed by atoms with Crippen LogP contribution in [-0.2, 0) is 10.0 Å². The number of hydrogen-bond acceptors (Lipinski definition) is 3. The van der Waals surface area contributed by atoms with Crippen molar-refractivity contribution in [2.45, 2.75) is 37.6 Å². The van der Waals surface area contributed by atoms with Crippen LogP contribution in [0, 0.1) is 19.3 Å². The molecule has 1 unspecified atom stereocenters. The molecule has 19 heavy (non-hydrogen) atoms. The first-order valence-corrected chi connectivity index (χ1v) is 7.69. The number of aryl methyl sites for hydroxylation is 1. The van der Waals surface area contributed by atoms with Crippen LogP contribution in [0.3, 0.4) is 0 Å². The van der Waals surface area contributed by atoms with Crippen LogP contribution < -0.4 is 10.5 Å². The molecule has 0 bridgehead atoms. The fourth-order valence-electron chi connectivity index (χ4n) is 1.65. The molecule has 0 amide bonds. The van der Waals surface area contributed by atoms with Gasteiger partial charge in [-0.25, -0.2) is 13.1 Å². The average Bonchev–Trinajstić information content (AvgIpc) is 2.32. The van der Waals surface area contributed by atoms with Crippen LogP contribution >= 0.6 is 11.6 Å². The van der Waals surface area contributed by atoms with E-state index in [2.05, 4.69) is 10.6 Å². The van der Waals surface area contributed by atoms with Crippen molar-refractivity contribution in [3.8, 4) is 12.3 Å². The van der Waals surface area contributed by atoms with Crippen molar-refractivity contribution in [1.29, 1.82) is 0 Å². The molecule has 0 heterocycles. The van der Waals surface area contributed by atoms with Crippen molar-refractivity contribution in [3.63, 3.8) is 0 Å². The van der Waals surface area contributed by atoms with Crippen molar-refractivity contribution in [1.82, 2.24) is 4.72 Å². The van der Waals surface area contributed by atoms with Crippen molar-refractivity contribution in [2.24, 2.45) is 0 Å². The lowest BCUT2D eigenvalue weighted by Crippen LogP contribution is -2.34. The summed E-state index contributed by atoms with van der Waals surface area (Å²) in [6.45, 7) is 3.54. The van der Waals surface area contributed by atoms with Crippen molar-refractivity contribution in [2.75, 3.05) is 5.73 Å². The molecule has 0 aliphatic heterocycles. The Morgan fingerprint density at radius 1 is 1.53 bits per heavy atom. The molecule has 4 nitrogen and oxygen atoms in total. The highest BCUT2D eigenvalue weighted by Gasteiger charge is 2.21. The number of nitrogens with one attached hydrogen (secondary N) is 1. The topological polar surface area (TPSA) is 72.2 Å². The summed E-state index contributed by atoms with van der Waals surface area (Å²) in [5.74, 6) is 2.46. The number of benzene rings is 1. The molecule has 6 heteroatoms. The minimum absolute atomic E-state index is 0.130. The molecule has 0 aliphatic carbocycles. The van der Waals surface area contributed by atoms with E-state index in [-0.39, 0.29) is 16.6 Å². The van der Waals surface area contributed by atoms with Gasteiger partial charge in [-0.05, 0) is 31.0 Å². The first kappa shape index (κ1) is 15.8. The predicted molar refractivity (Wildman–Crippen MR) is 78.5 cm³/mol. The highest BCUT2D eigenvalue weighted by atomic mass is 35.5. The van der Waals surface area contributed by atoms with Crippen LogP contribution in [0.4, 0.5) is 5.69 Å². The van der Waals surface area contributed by atoms with Gasteiger partial charge in [0.05, 0.1) is 15.6 Å². The average molecular weight is 301 g/mol. The Balaban J connectivity index is 3.14. The molecule has 0 aromatic heterocycles. The summed E-state index contributed by atoms with van der Waals surface area (Å²) in [5.41, 5.74) is 6.43. The van der Waals surface area contributed by atoms with Gasteiger partial charge in [0, 0.05) is 12.5 Å². The van der Waals surface area contributed by atoms with Crippen molar-refractivity contribution in [3.05, 3.63) is 22.7 Å². The largest absolute Gasteiger partial charge is 0.397 e. The summed E-state index contributed by atoms with van der Waals surface area (Å²) in [4.78, 5) is 0.130. The summed E-state index contributed by atoms with van der Waals surface area (Å²) < 4.78 is 27.1. The Bertz CT molecular complexity index is 606. The van der Waals surface area contributed by atoms with E-state index in [0.29, 0.717) is 23.4 Å². The maximum atomic E-state index is 12.3. The summed E-state index contributed by atoms with van der Waals surface area (Å²) in [6.07, 6.45) is 6.18. The normalized spacial score (nSPS) is 12.9. The van der Waals surface area contributed by atoms with Crippen molar-refractivity contribution >= 4 is 27.3 Å². The number of hydrogen-bond donors (Lipinski definition) is 2. The molecule has 104 valence electrons. The van der Waals surface area contributed by atoms with E-state index in [0.717, 1.165) is 0 Å². The zero-order valence-electron chi connectivity index (χ0n) is 10.9. The van der Waals surface area contributed by atoms with Gasteiger partial charge in [0.2, 0.25) is 10.0 Å². The molecule has 0 radical (unpaired) electrons. The third-order valence-electron chi connectivity index (χ3n) is 2.76. The Morgan fingerprint density at radius 2 is 2.16 bits per heavy atom. The first-order chi connectivity index (χ1) is 8.81. The van der Waals surface area contributed by atoms with Gasteiger partial charge in [-0.1, -0.05) is 18.5 Å². The van der Waals surface area contributed by atoms with E-state index < -0.39 is 10.0 Å². The van der Waals surface area contributed by atoms with Gasteiger partial charge in [0.1, 0.15) is 0 Å². The van der Waals surface area contributed by atoms with Gasteiger partial charge in [-0.15, -0.1) is 12.3 Å². The van der Waals surface area contributed by atoms with Crippen molar-refractivity contribution < 1.29 is 8.42 Å².